The van der Waals surface area contributed by atoms with Crippen molar-refractivity contribution < 1.29 is 13.5 Å². The zero-order valence-electron chi connectivity index (χ0n) is 7.21. The summed E-state index contributed by atoms with van der Waals surface area (Å²) in [5.74, 6) is -0.302. The predicted octanol–water partition coefficient (Wildman–Crippen LogP) is 1.33. The summed E-state index contributed by atoms with van der Waals surface area (Å²) in [4.78, 5) is 0. The minimum absolute atomic E-state index is 0.0278. The van der Waals surface area contributed by atoms with Gasteiger partial charge in [0.1, 0.15) is 5.69 Å². The molecule has 0 saturated heterocycles. The zero-order chi connectivity index (χ0) is 10.0. The zero-order valence-corrected chi connectivity index (χ0v) is 7.21. The first-order valence-electron chi connectivity index (χ1n) is 3.51. The molecule has 0 aliphatic heterocycles. The van der Waals surface area contributed by atoms with E-state index in [1.54, 1.807) is 0 Å². The Kier molecular flexibility index (Phi) is 2.60. The van der Waals surface area contributed by atoms with Gasteiger partial charge in [-0.25, -0.2) is 8.78 Å². The summed E-state index contributed by atoms with van der Waals surface area (Å²) < 4.78 is 30.4. The highest BCUT2D eigenvalue weighted by Gasteiger charge is 2.20. The summed E-state index contributed by atoms with van der Waals surface area (Å²) in [6.45, 7) is 0. The fourth-order valence-corrected chi connectivity index (χ4v) is 0.952. The lowest BCUT2D eigenvalue weighted by atomic mass is 10.2. The van der Waals surface area contributed by atoms with E-state index < -0.39 is 12.1 Å². The molecule has 0 aliphatic rings. The number of ether oxygens (including phenoxy) is 1. The maximum absolute atomic E-state index is 12.3. The van der Waals surface area contributed by atoms with Crippen LogP contribution in [-0.4, -0.2) is 22.8 Å². The SMILES string of the molecule is COC(=N)c1cn(C)nc1C(F)F. The van der Waals surface area contributed by atoms with Gasteiger partial charge in [-0.3, -0.25) is 10.1 Å². The molecule has 1 aromatic rings. The summed E-state index contributed by atoms with van der Waals surface area (Å²) in [5.41, 5.74) is -0.394. The highest BCUT2D eigenvalue weighted by molar-refractivity contribution is 5.92. The molecule has 0 spiro atoms. The maximum atomic E-state index is 12.3. The van der Waals surface area contributed by atoms with Gasteiger partial charge in [0.25, 0.3) is 6.43 Å². The monoisotopic (exact) mass is 189 g/mol. The van der Waals surface area contributed by atoms with Crippen LogP contribution in [0, 0.1) is 5.41 Å². The first-order chi connectivity index (χ1) is 6.06. The van der Waals surface area contributed by atoms with Crippen LogP contribution in [0.3, 0.4) is 0 Å². The fourth-order valence-electron chi connectivity index (χ4n) is 0.952. The molecular formula is C7H9F2N3O. The van der Waals surface area contributed by atoms with Crippen molar-refractivity contribution in [2.24, 2.45) is 7.05 Å². The molecule has 1 heterocycles. The van der Waals surface area contributed by atoms with Crippen LogP contribution in [0.25, 0.3) is 0 Å². The molecule has 13 heavy (non-hydrogen) atoms. The van der Waals surface area contributed by atoms with Crippen molar-refractivity contribution in [1.82, 2.24) is 9.78 Å². The molecule has 1 rings (SSSR count). The van der Waals surface area contributed by atoms with E-state index in [1.807, 2.05) is 0 Å². The van der Waals surface area contributed by atoms with Crippen LogP contribution in [0.5, 0.6) is 0 Å². The first kappa shape index (κ1) is 9.63. The number of halogens is 2. The summed E-state index contributed by atoms with van der Waals surface area (Å²) in [6.07, 6.45) is -1.36. The van der Waals surface area contributed by atoms with Gasteiger partial charge >= 0.3 is 0 Å². The van der Waals surface area contributed by atoms with Crippen molar-refractivity contribution in [1.29, 1.82) is 5.41 Å². The van der Waals surface area contributed by atoms with E-state index in [2.05, 4.69) is 9.84 Å². The number of hydrogen-bond donors (Lipinski definition) is 1. The van der Waals surface area contributed by atoms with Crippen molar-refractivity contribution in [3.8, 4) is 0 Å². The number of nitrogens with one attached hydrogen (secondary N) is 1. The second-order valence-electron chi connectivity index (χ2n) is 2.44. The quantitative estimate of drug-likeness (QED) is 0.563. The number of aromatic nitrogens is 2. The molecular weight excluding hydrogens is 180 g/mol. The van der Waals surface area contributed by atoms with E-state index >= 15 is 0 Å². The van der Waals surface area contributed by atoms with E-state index in [1.165, 1.54) is 25.0 Å². The van der Waals surface area contributed by atoms with Crippen molar-refractivity contribution in [3.05, 3.63) is 17.5 Å². The van der Waals surface area contributed by atoms with Crippen LogP contribution in [0.15, 0.2) is 6.20 Å². The molecule has 0 atom stereocenters. The second kappa shape index (κ2) is 3.51. The molecule has 0 unspecified atom stereocenters. The van der Waals surface area contributed by atoms with Gasteiger partial charge < -0.3 is 4.74 Å². The molecule has 0 bridgehead atoms. The molecule has 4 nitrogen and oxygen atoms in total. The lowest BCUT2D eigenvalue weighted by molar-refractivity contribution is 0.144. The first-order valence-corrected chi connectivity index (χ1v) is 3.51. The van der Waals surface area contributed by atoms with Crippen molar-refractivity contribution in [2.75, 3.05) is 7.11 Å². The summed E-state index contributed by atoms with van der Waals surface area (Å²) in [7, 11) is 2.77. The van der Waals surface area contributed by atoms with Gasteiger partial charge in [-0.2, -0.15) is 5.10 Å². The molecule has 1 N–H and O–H groups in total. The molecule has 0 aliphatic carbocycles. The van der Waals surface area contributed by atoms with Crippen LogP contribution < -0.4 is 0 Å². The average molecular weight is 189 g/mol. The Labute approximate surface area is 73.6 Å². The number of methoxy groups -OCH3 is 1. The van der Waals surface area contributed by atoms with Crippen molar-refractivity contribution in [2.45, 2.75) is 6.43 Å². The summed E-state index contributed by atoms with van der Waals surface area (Å²) in [5, 5.41) is 10.7. The topological polar surface area (TPSA) is 50.9 Å². The lowest BCUT2D eigenvalue weighted by Crippen LogP contribution is -2.03. The van der Waals surface area contributed by atoms with E-state index in [9.17, 15) is 8.78 Å². The van der Waals surface area contributed by atoms with E-state index in [0.717, 1.165) is 0 Å². The van der Waals surface area contributed by atoms with Crippen LogP contribution in [0.2, 0.25) is 0 Å². The van der Waals surface area contributed by atoms with E-state index in [0.29, 0.717) is 0 Å². The highest BCUT2D eigenvalue weighted by atomic mass is 19.3. The normalized spacial score (nSPS) is 10.5. The predicted molar refractivity (Wildman–Crippen MR) is 42.0 cm³/mol. The van der Waals surface area contributed by atoms with Gasteiger partial charge in [-0.15, -0.1) is 0 Å². The van der Waals surface area contributed by atoms with Gasteiger partial charge in [0, 0.05) is 13.2 Å². The fraction of sp³-hybridized carbons (Fsp3) is 0.429. The molecule has 0 amide bonds. The Morgan fingerprint density at radius 2 is 2.31 bits per heavy atom. The van der Waals surface area contributed by atoms with Crippen molar-refractivity contribution in [3.63, 3.8) is 0 Å². The Bertz CT molecular complexity index is 322. The minimum atomic E-state index is -2.69. The largest absolute Gasteiger partial charge is 0.481 e. The maximum Gasteiger partial charge on any atom is 0.282 e. The van der Waals surface area contributed by atoms with E-state index in [-0.39, 0.29) is 11.5 Å². The summed E-state index contributed by atoms with van der Waals surface area (Å²) in [6, 6.07) is 0. The number of nitrogens with zero attached hydrogens (tertiary/aromatic N) is 2. The van der Waals surface area contributed by atoms with Crippen LogP contribution >= 0.6 is 0 Å². The second-order valence-corrected chi connectivity index (χ2v) is 2.44. The third kappa shape index (κ3) is 1.82. The molecule has 0 radical (unpaired) electrons. The van der Waals surface area contributed by atoms with E-state index in [4.69, 9.17) is 5.41 Å². The number of aryl methyl sites for hydroxylation is 1. The van der Waals surface area contributed by atoms with Gasteiger partial charge in [0.2, 0.25) is 5.90 Å². The Morgan fingerprint density at radius 1 is 1.69 bits per heavy atom. The van der Waals surface area contributed by atoms with Gasteiger partial charge in [-0.1, -0.05) is 0 Å². The minimum Gasteiger partial charge on any atom is -0.481 e. The number of alkyl halides is 2. The smallest absolute Gasteiger partial charge is 0.282 e. The molecule has 0 saturated carbocycles. The van der Waals surface area contributed by atoms with Crippen LogP contribution in [-0.2, 0) is 11.8 Å². The Hall–Kier alpha value is -1.46. The number of hydrogen-bond acceptors (Lipinski definition) is 3. The third-order valence-electron chi connectivity index (χ3n) is 1.51. The van der Waals surface area contributed by atoms with Gasteiger partial charge in [-0.05, 0) is 0 Å². The molecule has 0 aromatic carbocycles. The average Bonchev–Trinajstić information content (AvgIpc) is 2.46. The highest BCUT2D eigenvalue weighted by Crippen LogP contribution is 2.21. The lowest BCUT2D eigenvalue weighted by Gasteiger charge is -2.00. The molecule has 1 aromatic heterocycles. The molecule has 72 valence electrons. The van der Waals surface area contributed by atoms with Crippen LogP contribution in [0.1, 0.15) is 17.7 Å². The summed E-state index contributed by atoms with van der Waals surface area (Å²) >= 11 is 0. The standard InChI is InChI=1S/C7H9F2N3O/c1-12-3-4(7(10)13-2)5(11-12)6(8)9/h3,6,10H,1-2H3. The third-order valence-corrected chi connectivity index (χ3v) is 1.51. The van der Waals surface area contributed by atoms with Crippen LogP contribution in [0.4, 0.5) is 8.78 Å². The van der Waals surface area contributed by atoms with Gasteiger partial charge in [0.15, 0.2) is 0 Å². The molecule has 0 fully saturated rings. The van der Waals surface area contributed by atoms with Crippen molar-refractivity contribution >= 4 is 5.90 Å². The van der Waals surface area contributed by atoms with Gasteiger partial charge in [0.05, 0.1) is 12.7 Å². The Morgan fingerprint density at radius 3 is 2.77 bits per heavy atom. The Balaban J connectivity index is 3.11. The number of rotatable bonds is 2. The molecule has 6 heteroatoms.